The van der Waals surface area contributed by atoms with Crippen molar-refractivity contribution in [2.24, 2.45) is 10.9 Å². The number of guanidine groups is 1. The molecule has 1 saturated carbocycles. The van der Waals surface area contributed by atoms with E-state index in [2.05, 4.69) is 22.5 Å². The zero-order chi connectivity index (χ0) is 20.5. The van der Waals surface area contributed by atoms with Crippen LogP contribution in [0.3, 0.4) is 0 Å². The lowest BCUT2D eigenvalue weighted by atomic mass is 9.86. The number of aliphatic hydroxyl groups is 1. The van der Waals surface area contributed by atoms with Crippen LogP contribution in [-0.4, -0.2) is 73.5 Å². The smallest absolute Gasteiger partial charge is 0.191 e. The van der Waals surface area contributed by atoms with Crippen LogP contribution in [0.4, 0.5) is 0 Å². The summed E-state index contributed by atoms with van der Waals surface area (Å²) in [6, 6.07) is 4.33. The van der Waals surface area contributed by atoms with Crippen molar-refractivity contribution in [2.75, 3.05) is 45.9 Å². The first-order valence-electron chi connectivity index (χ1n) is 11.1. The van der Waals surface area contributed by atoms with Crippen LogP contribution >= 0.6 is 0 Å². The molecule has 29 heavy (non-hydrogen) atoms. The summed E-state index contributed by atoms with van der Waals surface area (Å²) in [7, 11) is 0. The average molecular weight is 407 g/mol. The van der Waals surface area contributed by atoms with E-state index in [1.807, 2.05) is 19.1 Å². The van der Waals surface area contributed by atoms with E-state index in [-0.39, 0.29) is 0 Å². The summed E-state index contributed by atoms with van der Waals surface area (Å²) in [5.74, 6) is 2.38. The quantitative estimate of drug-likeness (QED) is 0.453. The van der Waals surface area contributed by atoms with E-state index in [0.717, 1.165) is 51.0 Å². The predicted molar refractivity (Wildman–Crippen MR) is 115 cm³/mol. The van der Waals surface area contributed by atoms with Crippen LogP contribution in [0, 0.1) is 5.92 Å². The Labute approximate surface area is 174 Å². The fourth-order valence-electron chi connectivity index (χ4n) is 4.16. The summed E-state index contributed by atoms with van der Waals surface area (Å²) in [4.78, 5) is 7.01. The van der Waals surface area contributed by atoms with Crippen LogP contribution in [0.25, 0.3) is 0 Å². The maximum absolute atomic E-state index is 10.9. The molecule has 3 N–H and O–H groups in total. The van der Waals surface area contributed by atoms with Gasteiger partial charge in [-0.15, -0.1) is 0 Å². The Bertz CT molecular complexity index is 612. The van der Waals surface area contributed by atoms with Gasteiger partial charge in [0.1, 0.15) is 5.76 Å². The van der Waals surface area contributed by atoms with Crippen LogP contribution in [0.15, 0.2) is 27.8 Å². The first-order chi connectivity index (χ1) is 14.0. The Hall–Kier alpha value is -1.57. The topological polar surface area (TPSA) is 82.3 Å². The number of nitrogens with zero attached hydrogens (tertiary/aromatic N) is 2. The second kappa shape index (κ2) is 11.0. The summed E-state index contributed by atoms with van der Waals surface area (Å²) < 4.78 is 10.8. The van der Waals surface area contributed by atoms with E-state index in [9.17, 15) is 5.11 Å². The highest BCUT2D eigenvalue weighted by molar-refractivity contribution is 5.80. The van der Waals surface area contributed by atoms with Crippen molar-refractivity contribution in [1.29, 1.82) is 0 Å². The molecule has 0 bridgehead atoms. The maximum atomic E-state index is 10.9. The van der Waals surface area contributed by atoms with Gasteiger partial charge in [0.2, 0.25) is 0 Å². The molecule has 164 valence electrons. The summed E-state index contributed by atoms with van der Waals surface area (Å²) in [5.41, 5.74) is -0.870. The Morgan fingerprint density at radius 2 is 2.10 bits per heavy atom. The fraction of sp³-hybridized carbons (Fsp3) is 0.773. The molecule has 2 fully saturated rings. The van der Waals surface area contributed by atoms with Crippen LogP contribution in [-0.2, 0) is 11.2 Å². The van der Waals surface area contributed by atoms with Crippen molar-refractivity contribution in [3.8, 4) is 0 Å². The minimum atomic E-state index is -0.870. The predicted octanol–water partition coefficient (Wildman–Crippen LogP) is 2.02. The molecule has 1 aromatic heterocycles. The Kier molecular flexibility index (Phi) is 8.39. The number of ether oxygens (including phenoxy) is 1. The van der Waals surface area contributed by atoms with Gasteiger partial charge in [-0.2, -0.15) is 0 Å². The molecular weight excluding hydrogens is 368 g/mol. The van der Waals surface area contributed by atoms with Gasteiger partial charge in [0.05, 0.1) is 31.6 Å². The van der Waals surface area contributed by atoms with Crippen LogP contribution in [0.2, 0.25) is 0 Å². The molecule has 0 aromatic carbocycles. The molecule has 2 heterocycles. The van der Waals surface area contributed by atoms with Crippen molar-refractivity contribution in [3.63, 3.8) is 0 Å². The third-order valence-corrected chi connectivity index (χ3v) is 5.92. The zero-order valence-corrected chi connectivity index (χ0v) is 18.0. The number of rotatable bonds is 8. The van der Waals surface area contributed by atoms with Gasteiger partial charge in [-0.1, -0.05) is 19.8 Å². The SMILES string of the molecule is CC1CCCCC1NC(=NCC(C)(O)CN1CCOCC1)NCCc1ccco1. The molecule has 2 aliphatic rings. The fourth-order valence-corrected chi connectivity index (χ4v) is 4.16. The van der Waals surface area contributed by atoms with Crippen LogP contribution in [0.1, 0.15) is 45.3 Å². The van der Waals surface area contributed by atoms with Gasteiger partial charge in [-0.05, 0) is 37.8 Å². The third-order valence-electron chi connectivity index (χ3n) is 5.92. The average Bonchev–Trinajstić information content (AvgIpc) is 3.21. The van der Waals surface area contributed by atoms with Gasteiger partial charge in [0.15, 0.2) is 5.96 Å². The largest absolute Gasteiger partial charge is 0.469 e. The number of hydrogen-bond donors (Lipinski definition) is 3. The second-order valence-electron chi connectivity index (χ2n) is 8.82. The molecule has 0 spiro atoms. The normalized spacial score (nSPS) is 26.1. The molecule has 7 nitrogen and oxygen atoms in total. The van der Waals surface area contributed by atoms with E-state index >= 15 is 0 Å². The highest BCUT2D eigenvalue weighted by Gasteiger charge is 2.26. The number of furan rings is 1. The van der Waals surface area contributed by atoms with Crippen molar-refractivity contribution in [1.82, 2.24) is 15.5 Å². The first-order valence-corrected chi connectivity index (χ1v) is 11.1. The maximum Gasteiger partial charge on any atom is 0.191 e. The highest BCUT2D eigenvalue weighted by atomic mass is 16.5. The third kappa shape index (κ3) is 7.64. The Morgan fingerprint density at radius 3 is 2.83 bits per heavy atom. The van der Waals surface area contributed by atoms with Gasteiger partial charge >= 0.3 is 0 Å². The lowest BCUT2D eigenvalue weighted by Crippen LogP contribution is -2.50. The summed E-state index contributed by atoms with van der Waals surface area (Å²) in [6.45, 7) is 9.10. The molecule has 7 heteroatoms. The Balaban J connectivity index is 1.56. The standard InChI is InChI=1S/C22H38N4O3/c1-18-6-3-4-8-20(18)25-21(23-10-9-19-7-5-13-29-19)24-16-22(2,27)17-26-11-14-28-15-12-26/h5,7,13,18,20,27H,3-4,6,8-12,14-17H2,1-2H3,(H2,23,24,25). The van der Waals surface area contributed by atoms with Gasteiger partial charge in [0.25, 0.3) is 0 Å². The minimum Gasteiger partial charge on any atom is -0.469 e. The van der Waals surface area contributed by atoms with E-state index < -0.39 is 5.60 Å². The van der Waals surface area contributed by atoms with Crippen molar-refractivity contribution < 1.29 is 14.3 Å². The molecule has 1 aliphatic carbocycles. The molecule has 3 unspecified atom stereocenters. The van der Waals surface area contributed by atoms with E-state index in [1.165, 1.54) is 25.7 Å². The molecule has 0 radical (unpaired) electrons. The Morgan fingerprint density at radius 1 is 1.31 bits per heavy atom. The number of hydrogen-bond acceptors (Lipinski definition) is 5. The van der Waals surface area contributed by atoms with Gasteiger partial charge in [-0.3, -0.25) is 9.89 Å². The van der Waals surface area contributed by atoms with Crippen molar-refractivity contribution in [2.45, 2.75) is 57.6 Å². The number of nitrogens with one attached hydrogen (secondary N) is 2. The molecular formula is C22H38N4O3. The lowest BCUT2D eigenvalue weighted by molar-refractivity contribution is -0.0180. The van der Waals surface area contributed by atoms with Gasteiger partial charge < -0.3 is 24.9 Å². The number of morpholine rings is 1. The molecule has 1 saturated heterocycles. The first kappa shape index (κ1) is 22.1. The van der Waals surface area contributed by atoms with E-state index in [0.29, 0.717) is 25.0 Å². The summed E-state index contributed by atoms with van der Waals surface area (Å²) in [6.07, 6.45) is 7.51. The summed E-state index contributed by atoms with van der Waals surface area (Å²) >= 11 is 0. The molecule has 3 atom stereocenters. The van der Waals surface area contributed by atoms with Gasteiger partial charge in [-0.25, -0.2) is 0 Å². The van der Waals surface area contributed by atoms with Crippen LogP contribution in [0.5, 0.6) is 0 Å². The van der Waals surface area contributed by atoms with Crippen LogP contribution < -0.4 is 10.6 Å². The second-order valence-corrected chi connectivity index (χ2v) is 8.82. The van der Waals surface area contributed by atoms with Crippen molar-refractivity contribution in [3.05, 3.63) is 24.2 Å². The van der Waals surface area contributed by atoms with Gasteiger partial charge in [0, 0.05) is 38.6 Å². The summed E-state index contributed by atoms with van der Waals surface area (Å²) in [5, 5.41) is 18.0. The zero-order valence-electron chi connectivity index (χ0n) is 18.0. The lowest BCUT2D eigenvalue weighted by Gasteiger charge is -2.34. The number of aliphatic imine (C=N–C) groups is 1. The molecule has 1 aliphatic heterocycles. The molecule has 1 aromatic rings. The molecule has 3 rings (SSSR count). The monoisotopic (exact) mass is 406 g/mol. The van der Waals surface area contributed by atoms with E-state index in [1.54, 1.807) is 6.26 Å². The highest BCUT2D eigenvalue weighted by Crippen LogP contribution is 2.23. The molecule has 0 amide bonds. The van der Waals surface area contributed by atoms with E-state index in [4.69, 9.17) is 14.1 Å². The minimum absolute atomic E-state index is 0.363. The number of β-amino-alcohol motifs (C(OH)–C–C–N with tert-alkyl or cyclic N) is 1. The van der Waals surface area contributed by atoms with Crippen molar-refractivity contribution >= 4 is 5.96 Å².